The van der Waals surface area contributed by atoms with E-state index in [1.165, 1.54) is 6.92 Å². The lowest BCUT2D eigenvalue weighted by atomic mass is 10.1. The SMILES string of the molecule is CC(=O)N(CCC(=O)Nc1cc(C)ccc1C)c1cc(C)ccc1C. The second-order valence-corrected chi connectivity index (χ2v) is 6.58. The second kappa shape index (κ2) is 7.97. The van der Waals surface area contributed by atoms with Gasteiger partial charge in [-0.05, 0) is 62.1 Å². The van der Waals surface area contributed by atoms with Gasteiger partial charge in [0, 0.05) is 31.3 Å². The highest BCUT2D eigenvalue weighted by Crippen LogP contribution is 2.22. The Morgan fingerprint density at radius 2 is 1.52 bits per heavy atom. The van der Waals surface area contributed by atoms with Crippen LogP contribution in [0.3, 0.4) is 0 Å². The lowest BCUT2D eigenvalue weighted by molar-refractivity contribution is -0.117. The van der Waals surface area contributed by atoms with Crippen molar-refractivity contribution < 1.29 is 9.59 Å². The summed E-state index contributed by atoms with van der Waals surface area (Å²) in [6.45, 7) is 9.82. The molecule has 2 amide bonds. The summed E-state index contributed by atoms with van der Waals surface area (Å²) in [5.74, 6) is -0.154. The van der Waals surface area contributed by atoms with E-state index in [0.717, 1.165) is 33.6 Å². The van der Waals surface area contributed by atoms with E-state index in [0.29, 0.717) is 6.54 Å². The summed E-state index contributed by atoms with van der Waals surface area (Å²) in [5, 5.41) is 2.95. The number of hydrogen-bond acceptors (Lipinski definition) is 2. The van der Waals surface area contributed by atoms with Gasteiger partial charge in [0.15, 0.2) is 0 Å². The summed E-state index contributed by atoms with van der Waals surface area (Å²) < 4.78 is 0. The number of amides is 2. The van der Waals surface area contributed by atoms with Gasteiger partial charge in [0.05, 0.1) is 0 Å². The standard InChI is InChI=1S/C21H26N2O2/c1-14-6-8-16(3)19(12-14)22-21(25)10-11-23(18(5)24)20-13-15(2)7-9-17(20)4/h6-9,12-13H,10-11H2,1-5H3,(H,22,25). The molecule has 2 rings (SSSR count). The van der Waals surface area contributed by atoms with Gasteiger partial charge in [-0.2, -0.15) is 0 Å². The van der Waals surface area contributed by atoms with Gasteiger partial charge in [-0.25, -0.2) is 0 Å². The zero-order valence-corrected chi connectivity index (χ0v) is 15.6. The number of carbonyl (C=O) groups is 2. The van der Waals surface area contributed by atoms with Crippen molar-refractivity contribution in [3.05, 3.63) is 58.7 Å². The first-order valence-electron chi connectivity index (χ1n) is 8.50. The van der Waals surface area contributed by atoms with E-state index in [-0.39, 0.29) is 18.2 Å². The van der Waals surface area contributed by atoms with Crippen LogP contribution in [0.5, 0.6) is 0 Å². The van der Waals surface area contributed by atoms with Crippen molar-refractivity contribution in [3.8, 4) is 0 Å². The number of nitrogens with one attached hydrogen (secondary N) is 1. The first-order valence-corrected chi connectivity index (χ1v) is 8.50. The Morgan fingerprint density at radius 3 is 2.16 bits per heavy atom. The molecule has 0 aliphatic heterocycles. The fourth-order valence-corrected chi connectivity index (χ4v) is 2.75. The fraction of sp³-hybridized carbons (Fsp3) is 0.333. The molecule has 0 saturated carbocycles. The average Bonchev–Trinajstić information content (AvgIpc) is 2.54. The molecule has 25 heavy (non-hydrogen) atoms. The summed E-state index contributed by atoms with van der Waals surface area (Å²) in [6.07, 6.45) is 0.250. The van der Waals surface area contributed by atoms with E-state index < -0.39 is 0 Å². The summed E-state index contributed by atoms with van der Waals surface area (Å²) >= 11 is 0. The lowest BCUT2D eigenvalue weighted by Crippen LogP contribution is -2.32. The smallest absolute Gasteiger partial charge is 0.226 e. The van der Waals surface area contributed by atoms with Crippen molar-refractivity contribution >= 4 is 23.2 Å². The monoisotopic (exact) mass is 338 g/mol. The molecule has 0 spiro atoms. The molecule has 1 N–H and O–H groups in total. The van der Waals surface area contributed by atoms with Gasteiger partial charge >= 0.3 is 0 Å². The molecule has 4 nitrogen and oxygen atoms in total. The van der Waals surface area contributed by atoms with E-state index in [1.807, 2.05) is 64.1 Å². The van der Waals surface area contributed by atoms with E-state index >= 15 is 0 Å². The maximum atomic E-state index is 12.3. The Morgan fingerprint density at radius 1 is 0.920 bits per heavy atom. The van der Waals surface area contributed by atoms with Crippen LogP contribution in [-0.4, -0.2) is 18.4 Å². The Kier molecular flexibility index (Phi) is 5.97. The third-order valence-corrected chi connectivity index (χ3v) is 4.27. The molecule has 0 aliphatic carbocycles. The quantitative estimate of drug-likeness (QED) is 0.883. The van der Waals surface area contributed by atoms with Crippen LogP contribution in [0.2, 0.25) is 0 Å². The highest BCUT2D eigenvalue weighted by molar-refractivity contribution is 5.95. The molecule has 0 heterocycles. The minimum absolute atomic E-state index is 0.0618. The number of carbonyl (C=O) groups excluding carboxylic acids is 2. The van der Waals surface area contributed by atoms with Crippen molar-refractivity contribution in [3.63, 3.8) is 0 Å². The van der Waals surface area contributed by atoms with Crippen LogP contribution in [0, 0.1) is 27.7 Å². The average molecular weight is 338 g/mol. The number of hydrogen-bond donors (Lipinski definition) is 1. The number of rotatable bonds is 5. The highest BCUT2D eigenvalue weighted by Gasteiger charge is 2.16. The van der Waals surface area contributed by atoms with Crippen LogP contribution in [0.4, 0.5) is 11.4 Å². The van der Waals surface area contributed by atoms with Crippen molar-refractivity contribution in [2.24, 2.45) is 0 Å². The lowest BCUT2D eigenvalue weighted by Gasteiger charge is -2.23. The summed E-state index contributed by atoms with van der Waals surface area (Å²) in [5.41, 5.74) is 5.93. The van der Waals surface area contributed by atoms with Gasteiger partial charge in [-0.1, -0.05) is 24.3 Å². The molecule has 0 bridgehead atoms. The largest absolute Gasteiger partial charge is 0.326 e. The molecule has 2 aromatic rings. The van der Waals surface area contributed by atoms with Crippen LogP contribution in [0.25, 0.3) is 0 Å². The van der Waals surface area contributed by atoms with E-state index in [9.17, 15) is 9.59 Å². The number of nitrogens with zero attached hydrogens (tertiary/aromatic N) is 1. The molecule has 2 aromatic carbocycles. The summed E-state index contributed by atoms with van der Waals surface area (Å²) in [4.78, 5) is 26.1. The predicted molar refractivity (Wildman–Crippen MR) is 103 cm³/mol. The molecule has 4 heteroatoms. The molecular weight excluding hydrogens is 312 g/mol. The second-order valence-electron chi connectivity index (χ2n) is 6.58. The number of anilines is 2. The van der Waals surface area contributed by atoms with Crippen LogP contribution < -0.4 is 10.2 Å². The fourth-order valence-electron chi connectivity index (χ4n) is 2.75. The van der Waals surface area contributed by atoms with Gasteiger partial charge in [-0.3, -0.25) is 9.59 Å². The highest BCUT2D eigenvalue weighted by atomic mass is 16.2. The maximum absolute atomic E-state index is 12.3. The van der Waals surface area contributed by atoms with Gasteiger partial charge in [0.1, 0.15) is 0 Å². The van der Waals surface area contributed by atoms with Crippen LogP contribution in [0.15, 0.2) is 36.4 Å². The van der Waals surface area contributed by atoms with Crippen LogP contribution >= 0.6 is 0 Å². The van der Waals surface area contributed by atoms with Crippen molar-refractivity contribution in [2.45, 2.75) is 41.0 Å². The van der Waals surface area contributed by atoms with Gasteiger partial charge in [0.25, 0.3) is 0 Å². The molecule has 0 unspecified atom stereocenters. The van der Waals surface area contributed by atoms with E-state index in [1.54, 1.807) is 4.90 Å². The minimum atomic E-state index is -0.0924. The van der Waals surface area contributed by atoms with Crippen molar-refractivity contribution in [1.29, 1.82) is 0 Å². The minimum Gasteiger partial charge on any atom is -0.326 e. The first-order chi connectivity index (χ1) is 11.8. The zero-order chi connectivity index (χ0) is 18.6. The molecule has 0 aliphatic rings. The van der Waals surface area contributed by atoms with Gasteiger partial charge in [0.2, 0.25) is 11.8 Å². The third kappa shape index (κ3) is 4.92. The topological polar surface area (TPSA) is 49.4 Å². The van der Waals surface area contributed by atoms with E-state index in [4.69, 9.17) is 0 Å². The maximum Gasteiger partial charge on any atom is 0.226 e. The molecule has 0 atom stereocenters. The van der Waals surface area contributed by atoms with Crippen molar-refractivity contribution in [2.75, 3.05) is 16.8 Å². The van der Waals surface area contributed by atoms with Crippen molar-refractivity contribution in [1.82, 2.24) is 0 Å². The Labute approximate surface area is 149 Å². The summed E-state index contributed by atoms with van der Waals surface area (Å²) in [7, 11) is 0. The van der Waals surface area contributed by atoms with Crippen LogP contribution in [0.1, 0.15) is 35.6 Å². The summed E-state index contributed by atoms with van der Waals surface area (Å²) in [6, 6.07) is 12.0. The first kappa shape index (κ1) is 18.7. The Balaban J connectivity index is 2.08. The predicted octanol–water partition coefficient (Wildman–Crippen LogP) is 4.30. The molecule has 0 aromatic heterocycles. The third-order valence-electron chi connectivity index (χ3n) is 4.27. The molecule has 0 fully saturated rings. The molecule has 132 valence electrons. The van der Waals surface area contributed by atoms with Gasteiger partial charge in [-0.15, -0.1) is 0 Å². The molecule has 0 radical (unpaired) electrons. The molecular formula is C21H26N2O2. The van der Waals surface area contributed by atoms with Gasteiger partial charge < -0.3 is 10.2 Å². The number of aryl methyl sites for hydroxylation is 4. The number of benzene rings is 2. The van der Waals surface area contributed by atoms with E-state index in [2.05, 4.69) is 5.32 Å². The Hall–Kier alpha value is -2.62. The molecule has 0 saturated heterocycles. The normalized spacial score (nSPS) is 10.4. The van der Waals surface area contributed by atoms with Crippen LogP contribution in [-0.2, 0) is 9.59 Å². The Bertz CT molecular complexity index is 796. The zero-order valence-electron chi connectivity index (χ0n) is 15.6.